The molecule has 2 aromatic carbocycles. The zero-order valence-corrected chi connectivity index (χ0v) is 24.8. The Kier molecular flexibility index (Phi) is 7.95. The molecule has 8 nitrogen and oxygen atoms in total. The van der Waals surface area contributed by atoms with Crippen LogP contribution < -0.4 is 20.1 Å². The topological polar surface area (TPSA) is 102 Å². The molecule has 4 aliphatic rings. The van der Waals surface area contributed by atoms with Crippen molar-refractivity contribution in [3.05, 3.63) is 75.9 Å². The second-order valence-electron chi connectivity index (χ2n) is 12.1. The van der Waals surface area contributed by atoms with Gasteiger partial charge < -0.3 is 30.0 Å². The Morgan fingerprint density at radius 1 is 1.14 bits per heavy atom. The quantitative estimate of drug-likeness (QED) is 0.337. The summed E-state index contributed by atoms with van der Waals surface area (Å²) in [5.41, 5.74) is 0.177. The van der Waals surface area contributed by atoms with Gasteiger partial charge >= 0.3 is 0 Å². The molecule has 0 bridgehead atoms. The van der Waals surface area contributed by atoms with E-state index in [-0.39, 0.29) is 51.8 Å². The highest BCUT2D eigenvalue weighted by Gasteiger charge is 2.50. The summed E-state index contributed by atoms with van der Waals surface area (Å²) in [5, 5.41) is 16.5. The molecule has 232 valence electrons. The van der Waals surface area contributed by atoms with Crippen LogP contribution in [0, 0.1) is 11.6 Å². The van der Waals surface area contributed by atoms with Crippen molar-refractivity contribution >= 4 is 17.5 Å². The molecule has 1 aromatic heterocycles. The van der Waals surface area contributed by atoms with E-state index in [4.69, 9.17) is 25.8 Å². The van der Waals surface area contributed by atoms with Crippen LogP contribution in [0.2, 0.25) is 5.02 Å². The molecular formula is C33H34ClF2N3O5. The highest BCUT2D eigenvalue weighted by Crippen LogP contribution is 2.52. The second-order valence-corrected chi connectivity index (χ2v) is 12.4. The monoisotopic (exact) mass is 625 g/mol. The minimum absolute atomic E-state index is 0.0296. The standard InChI is InChI=1S/C33H34ClF2N3O5/c34-29-22(35)14-25-20(15-33(44-25,26-10-5-12-37-26)18-6-2-1-3-7-18)27(29)28-21(31(41)39-19-11-13-42-17-19)16-38-32(30(28)36)43-24-9-4-8-23(24)40/h1-3,6-7,14,16,19,23-24,26,37,40H,4-5,8-13,15,17H2,(H,39,41)/t19-,23-,24+,26+,33+/m1/s1. The van der Waals surface area contributed by atoms with Crippen molar-refractivity contribution in [3.8, 4) is 22.8 Å². The first-order valence-corrected chi connectivity index (χ1v) is 15.6. The number of amides is 1. The van der Waals surface area contributed by atoms with E-state index in [0.717, 1.165) is 31.4 Å². The zero-order chi connectivity index (χ0) is 30.4. The van der Waals surface area contributed by atoms with Gasteiger partial charge in [0.25, 0.3) is 11.8 Å². The first kappa shape index (κ1) is 29.4. The van der Waals surface area contributed by atoms with Gasteiger partial charge in [0.1, 0.15) is 17.7 Å². The van der Waals surface area contributed by atoms with E-state index in [1.54, 1.807) is 0 Å². The van der Waals surface area contributed by atoms with E-state index in [1.165, 1.54) is 12.3 Å². The fourth-order valence-corrected chi connectivity index (χ4v) is 7.35. The van der Waals surface area contributed by atoms with E-state index in [2.05, 4.69) is 15.6 Å². The predicted octanol–water partition coefficient (Wildman–Crippen LogP) is 5.07. The Morgan fingerprint density at radius 2 is 1.98 bits per heavy atom. The Hall–Kier alpha value is -3.31. The number of aliphatic hydroxyl groups excluding tert-OH is 1. The number of aromatic nitrogens is 1. The molecule has 3 N–H and O–H groups in total. The number of ether oxygens (including phenoxy) is 3. The first-order valence-electron chi connectivity index (χ1n) is 15.3. The summed E-state index contributed by atoms with van der Waals surface area (Å²) in [6.45, 7) is 1.64. The van der Waals surface area contributed by atoms with Crippen LogP contribution in [0.1, 0.15) is 60.0 Å². The SMILES string of the molecule is O=C(N[C@@H]1CCOC1)c1cnc(O[C@H]2CCC[C@H]2O)c(F)c1-c1c(Cl)c(F)cc2c1C[C@](c1ccccc1)([C@@H]1CCCN1)O2. The van der Waals surface area contributed by atoms with Crippen molar-refractivity contribution in [2.75, 3.05) is 19.8 Å². The molecule has 3 fully saturated rings. The Labute approximate surface area is 259 Å². The van der Waals surface area contributed by atoms with E-state index >= 15 is 8.78 Å². The number of nitrogens with one attached hydrogen (secondary N) is 2. The fourth-order valence-electron chi connectivity index (χ4n) is 7.09. The molecule has 7 rings (SSSR count). The number of rotatable bonds is 7. The second kappa shape index (κ2) is 11.9. The van der Waals surface area contributed by atoms with Crippen LogP contribution in [0.3, 0.4) is 0 Å². The molecule has 11 heteroatoms. The Morgan fingerprint density at radius 3 is 2.68 bits per heavy atom. The van der Waals surface area contributed by atoms with E-state index < -0.39 is 35.4 Å². The molecule has 2 saturated heterocycles. The molecule has 3 aromatic rings. The lowest BCUT2D eigenvalue weighted by Gasteiger charge is -2.35. The molecule has 3 aliphatic heterocycles. The normalized spacial score (nSPS) is 27.7. The minimum Gasteiger partial charge on any atom is -0.480 e. The van der Waals surface area contributed by atoms with Crippen LogP contribution in [0.5, 0.6) is 11.6 Å². The van der Waals surface area contributed by atoms with Crippen molar-refractivity contribution in [2.45, 2.75) is 74.8 Å². The molecule has 1 amide bonds. The highest BCUT2D eigenvalue weighted by atomic mass is 35.5. The van der Waals surface area contributed by atoms with E-state index in [0.29, 0.717) is 38.0 Å². The first-order chi connectivity index (χ1) is 21.4. The van der Waals surface area contributed by atoms with Crippen molar-refractivity contribution in [1.82, 2.24) is 15.6 Å². The van der Waals surface area contributed by atoms with Gasteiger partial charge in [-0.15, -0.1) is 0 Å². The highest BCUT2D eigenvalue weighted by molar-refractivity contribution is 6.34. The molecule has 1 saturated carbocycles. The number of nitrogens with zero attached hydrogens (tertiary/aromatic N) is 1. The van der Waals surface area contributed by atoms with Gasteiger partial charge in [-0.2, -0.15) is 0 Å². The van der Waals surface area contributed by atoms with Gasteiger partial charge in [-0.05, 0) is 50.6 Å². The average Bonchev–Trinajstić information content (AvgIpc) is 3.85. The number of carbonyl (C=O) groups is 1. The number of hydrogen-bond donors (Lipinski definition) is 3. The van der Waals surface area contributed by atoms with Gasteiger partial charge in [-0.3, -0.25) is 4.79 Å². The molecule has 0 radical (unpaired) electrons. The van der Waals surface area contributed by atoms with Crippen LogP contribution in [-0.4, -0.2) is 60.0 Å². The van der Waals surface area contributed by atoms with Crippen molar-refractivity contribution in [1.29, 1.82) is 0 Å². The summed E-state index contributed by atoms with van der Waals surface area (Å²) in [6.07, 6.45) is 4.22. The molecule has 0 spiro atoms. The summed E-state index contributed by atoms with van der Waals surface area (Å²) in [6, 6.07) is 10.6. The molecular weight excluding hydrogens is 592 g/mol. The molecule has 44 heavy (non-hydrogen) atoms. The van der Waals surface area contributed by atoms with Gasteiger partial charge in [0.2, 0.25) is 0 Å². The third-order valence-electron chi connectivity index (χ3n) is 9.33. The molecule has 0 unspecified atom stereocenters. The molecule has 1 aliphatic carbocycles. The van der Waals surface area contributed by atoms with Crippen LogP contribution in [0.4, 0.5) is 8.78 Å². The lowest BCUT2D eigenvalue weighted by Crippen LogP contribution is -2.48. The van der Waals surface area contributed by atoms with E-state index in [9.17, 15) is 9.90 Å². The summed E-state index contributed by atoms with van der Waals surface area (Å²) >= 11 is 6.71. The lowest BCUT2D eigenvalue weighted by molar-refractivity contribution is 0.0539. The average molecular weight is 626 g/mol. The van der Waals surface area contributed by atoms with Crippen LogP contribution in [0.15, 0.2) is 42.6 Å². The molecule has 4 heterocycles. The van der Waals surface area contributed by atoms with Crippen molar-refractivity contribution in [2.24, 2.45) is 0 Å². The maximum Gasteiger partial charge on any atom is 0.253 e. The lowest BCUT2D eigenvalue weighted by atomic mass is 9.80. The van der Waals surface area contributed by atoms with Crippen LogP contribution in [0.25, 0.3) is 11.1 Å². The van der Waals surface area contributed by atoms with Crippen LogP contribution >= 0.6 is 11.6 Å². The third-order valence-corrected chi connectivity index (χ3v) is 9.70. The summed E-state index contributed by atoms with van der Waals surface area (Å²) < 4.78 is 50.4. The van der Waals surface area contributed by atoms with Crippen molar-refractivity contribution < 1.29 is 32.9 Å². The number of carbonyl (C=O) groups excluding carboxylic acids is 1. The number of fused-ring (bicyclic) bond motifs is 1. The summed E-state index contributed by atoms with van der Waals surface area (Å²) in [7, 11) is 0. The van der Waals surface area contributed by atoms with Crippen molar-refractivity contribution in [3.63, 3.8) is 0 Å². The number of aliphatic hydroxyl groups is 1. The maximum atomic E-state index is 16.8. The third kappa shape index (κ3) is 5.11. The molecule has 5 atom stereocenters. The largest absolute Gasteiger partial charge is 0.480 e. The minimum atomic E-state index is -0.953. The van der Waals surface area contributed by atoms with Gasteiger partial charge in [0, 0.05) is 42.0 Å². The van der Waals surface area contributed by atoms with Gasteiger partial charge in [0.05, 0.1) is 35.4 Å². The smallest absolute Gasteiger partial charge is 0.253 e. The zero-order valence-electron chi connectivity index (χ0n) is 24.1. The number of halogens is 3. The van der Waals surface area contributed by atoms with Gasteiger partial charge in [-0.25, -0.2) is 13.8 Å². The Bertz CT molecular complexity index is 1560. The number of pyridine rings is 1. The summed E-state index contributed by atoms with van der Waals surface area (Å²) in [4.78, 5) is 17.8. The summed E-state index contributed by atoms with van der Waals surface area (Å²) in [5.74, 6) is -2.49. The predicted molar refractivity (Wildman–Crippen MR) is 159 cm³/mol. The van der Waals surface area contributed by atoms with E-state index in [1.807, 2.05) is 30.3 Å². The Balaban J connectivity index is 1.39. The van der Waals surface area contributed by atoms with Gasteiger partial charge in [-0.1, -0.05) is 41.9 Å². The fraction of sp³-hybridized carbons (Fsp3) is 0.455. The maximum absolute atomic E-state index is 16.8. The number of hydrogen-bond acceptors (Lipinski definition) is 7. The van der Waals surface area contributed by atoms with Crippen LogP contribution in [-0.2, 0) is 16.8 Å². The number of benzene rings is 2. The van der Waals surface area contributed by atoms with Gasteiger partial charge in [0.15, 0.2) is 11.4 Å².